The number of hydrogen-bond acceptors (Lipinski definition) is 3. The lowest BCUT2D eigenvalue weighted by Gasteiger charge is -2.23. The highest BCUT2D eigenvalue weighted by Gasteiger charge is 2.17. The molecule has 5 nitrogen and oxygen atoms in total. The van der Waals surface area contributed by atoms with Crippen LogP contribution in [0.1, 0.15) is 23.2 Å². The smallest absolute Gasteiger partial charge is 0.254 e. The van der Waals surface area contributed by atoms with Gasteiger partial charge in [-0.2, -0.15) is 5.10 Å². The maximum atomic E-state index is 12.2. The van der Waals surface area contributed by atoms with Crippen LogP contribution < -0.4 is 10.6 Å². The second kappa shape index (κ2) is 7.24. The normalized spacial score (nSPS) is 17.8. The zero-order valence-electron chi connectivity index (χ0n) is 11.7. The lowest BCUT2D eigenvalue weighted by molar-refractivity contribution is 0.0930. The summed E-state index contributed by atoms with van der Waals surface area (Å²) in [5.41, 5.74) is 1.55. The molecule has 0 saturated carbocycles. The minimum atomic E-state index is -0.0547. The van der Waals surface area contributed by atoms with Gasteiger partial charge in [0.2, 0.25) is 0 Å². The molecule has 3 rings (SSSR count). The molecule has 1 saturated heterocycles. The van der Waals surface area contributed by atoms with Crippen LogP contribution in [0.5, 0.6) is 0 Å². The van der Waals surface area contributed by atoms with Crippen LogP contribution in [-0.4, -0.2) is 34.8 Å². The van der Waals surface area contributed by atoms with E-state index in [1.165, 1.54) is 0 Å². The minimum absolute atomic E-state index is 0. The maximum Gasteiger partial charge on any atom is 0.254 e. The minimum Gasteiger partial charge on any atom is -0.348 e. The molecular weight excluding hydrogens is 288 g/mol. The molecule has 112 valence electrons. The quantitative estimate of drug-likeness (QED) is 0.909. The van der Waals surface area contributed by atoms with Gasteiger partial charge in [-0.15, -0.1) is 12.4 Å². The molecule has 2 N–H and O–H groups in total. The van der Waals surface area contributed by atoms with Crippen molar-refractivity contribution in [3.8, 4) is 5.69 Å². The molecule has 1 aliphatic rings. The summed E-state index contributed by atoms with van der Waals surface area (Å²) in [7, 11) is 0. The van der Waals surface area contributed by atoms with E-state index < -0.39 is 0 Å². The molecule has 1 atom stereocenters. The highest BCUT2D eigenvalue weighted by molar-refractivity contribution is 5.94. The Kier molecular flexibility index (Phi) is 5.36. The van der Waals surface area contributed by atoms with Gasteiger partial charge in [0.05, 0.1) is 17.4 Å². The third-order valence-corrected chi connectivity index (χ3v) is 3.50. The van der Waals surface area contributed by atoms with Gasteiger partial charge < -0.3 is 10.6 Å². The first-order chi connectivity index (χ1) is 9.83. The van der Waals surface area contributed by atoms with Crippen LogP contribution in [0.2, 0.25) is 0 Å². The number of rotatable bonds is 3. The second-order valence-electron chi connectivity index (χ2n) is 5.03. The number of benzene rings is 1. The van der Waals surface area contributed by atoms with E-state index in [0.717, 1.165) is 31.6 Å². The van der Waals surface area contributed by atoms with E-state index in [4.69, 9.17) is 0 Å². The molecule has 1 aromatic heterocycles. The van der Waals surface area contributed by atoms with Crippen LogP contribution >= 0.6 is 12.4 Å². The van der Waals surface area contributed by atoms with E-state index in [9.17, 15) is 4.79 Å². The molecule has 1 aromatic carbocycles. The first-order valence-corrected chi connectivity index (χ1v) is 6.94. The average molecular weight is 307 g/mol. The van der Waals surface area contributed by atoms with E-state index in [1.807, 2.05) is 30.3 Å². The van der Waals surface area contributed by atoms with Gasteiger partial charge in [-0.05, 0) is 31.5 Å². The summed E-state index contributed by atoms with van der Waals surface area (Å²) in [6.07, 6.45) is 5.51. The van der Waals surface area contributed by atoms with Crippen LogP contribution in [0, 0.1) is 0 Å². The van der Waals surface area contributed by atoms with Crippen LogP contribution in [-0.2, 0) is 0 Å². The fraction of sp³-hybridized carbons (Fsp3) is 0.333. The number of aromatic nitrogens is 2. The number of halogens is 1. The van der Waals surface area contributed by atoms with Gasteiger partial charge in [-0.25, -0.2) is 4.68 Å². The molecule has 1 unspecified atom stereocenters. The number of nitrogens with one attached hydrogen (secondary N) is 2. The van der Waals surface area contributed by atoms with Crippen molar-refractivity contribution < 1.29 is 4.79 Å². The molecule has 0 aliphatic carbocycles. The molecule has 2 heterocycles. The number of carbonyl (C=O) groups excluding carboxylic acids is 1. The molecular formula is C15H19ClN4O. The molecule has 1 fully saturated rings. The maximum absolute atomic E-state index is 12.2. The van der Waals surface area contributed by atoms with Crippen molar-refractivity contribution in [2.75, 3.05) is 13.1 Å². The van der Waals surface area contributed by atoms with Crippen molar-refractivity contribution in [2.24, 2.45) is 0 Å². The Labute approximate surface area is 130 Å². The monoisotopic (exact) mass is 306 g/mol. The number of nitrogens with zero attached hydrogens (tertiary/aromatic N) is 2. The standard InChI is InChI=1S/C15H18N4O.ClH/c20-15(18-13-5-4-8-16-10-13)12-9-17-19(11-12)14-6-2-1-3-7-14;/h1-3,6-7,9,11,13,16H,4-5,8,10H2,(H,18,20);1H. The highest BCUT2D eigenvalue weighted by atomic mass is 35.5. The summed E-state index contributed by atoms with van der Waals surface area (Å²) in [6.45, 7) is 1.89. The molecule has 0 spiro atoms. The highest BCUT2D eigenvalue weighted by Crippen LogP contribution is 2.08. The second-order valence-corrected chi connectivity index (χ2v) is 5.03. The SMILES string of the molecule is Cl.O=C(NC1CCCNC1)c1cnn(-c2ccccc2)c1. The van der Waals surface area contributed by atoms with E-state index in [2.05, 4.69) is 15.7 Å². The Balaban J connectivity index is 0.00000161. The summed E-state index contributed by atoms with van der Waals surface area (Å²) in [6, 6.07) is 9.99. The summed E-state index contributed by atoms with van der Waals surface area (Å²) in [4.78, 5) is 12.2. The largest absolute Gasteiger partial charge is 0.348 e. The fourth-order valence-electron chi connectivity index (χ4n) is 2.41. The van der Waals surface area contributed by atoms with E-state index in [1.54, 1.807) is 17.1 Å². The van der Waals surface area contributed by atoms with Gasteiger partial charge in [-0.3, -0.25) is 4.79 Å². The Morgan fingerprint density at radius 2 is 2.14 bits per heavy atom. The number of carbonyl (C=O) groups is 1. The van der Waals surface area contributed by atoms with E-state index in [0.29, 0.717) is 5.56 Å². The predicted octanol–water partition coefficient (Wildman–Crippen LogP) is 1.78. The van der Waals surface area contributed by atoms with Crippen molar-refractivity contribution in [2.45, 2.75) is 18.9 Å². The third kappa shape index (κ3) is 3.83. The molecule has 1 aliphatic heterocycles. The summed E-state index contributed by atoms with van der Waals surface area (Å²) in [5, 5.41) is 10.6. The van der Waals surface area contributed by atoms with Crippen LogP contribution in [0.25, 0.3) is 5.69 Å². The van der Waals surface area contributed by atoms with Crippen molar-refractivity contribution in [1.29, 1.82) is 0 Å². The summed E-state index contributed by atoms with van der Waals surface area (Å²) in [5.74, 6) is -0.0547. The van der Waals surface area contributed by atoms with Crippen molar-refractivity contribution >= 4 is 18.3 Å². The molecule has 2 aromatic rings. The molecule has 0 radical (unpaired) electrons. The Bertz CT molecular complexity index is 578. The number of amides is 1. The number of piperidine rings is 1. The summed E-state index contributed by atoms with van der Waals surface area (Å²) >= 11 is 0. The number of hydrogen-bond donors (Lipinski definition) is 2. The zero-order valence-corrected chi connectivity index (χ0v) is 12.5. The van der Waals surface area contributed by atoms with Gasteiger partial charge in [0.15, 0.2) is 0 Å². The van der Waals surface area contributed by atoms with Crippen LogP contribution in [0.15, 0.2) is 42.7 Å². The molecule has 0 bridgehead atoms. The van der Waals surface area contributed by atoms with Crippen molar-refractivity contribution in [3.63, 3.8) is 0 Å². The third-order valence-electron chi connectivity index (χ3n) is 3.50. The van der Waals surface area contributed by atoms with E-state index in [-0.39, 0.29) is 24.4 Å². The molecule has 1 amide bonds. The Morgan fingerprint density at radius 3 is 2.86 bits per heavy atom. The molecule has 6 heteroatoms. The van der Waals surface area contributed by atoms with Gasteiger partial charge in [0, 0.05) is 18.8 Å². The van der Waals surface area contributed by atoms with Gasteiger partial charge in [0.1, 0.15) is 0 Å². The Hall–Kier alpha value is -1.85. The van der Waals surface area contributed by atoms with Crippen LogP contribution in [0.4, 0.5) is 0 Å². The van der Waals surface area contributed by atoms with E-state index >= 15 is 0 Å². The topological polar surface area (TPSA) is 59.0 Å². The Morgan fingerprint density at radius 1 is 1.33 bits per heavy atom. The lowest BCUT2D eigenvalue weighted by atomic mass is 10.1. The van der Waals surface area contributed by atoms with Crippen molar-refractivity contribution in [1.82, 2.24) is 20.4 Å². The van der Waals surface area contributed by atoms with Crippen LogP contribution in [0.3, 0.4) is 0 Å². The number of para-hydroxylation sites is 1. The zero-order chi connectivity index (χ0) is 13.8. The van der Waals surface area contributed by atoms with Gasteiger partial charge in [0.25, 0.3) is 5.91 Å². The summed E-state index contributed by atoms with van der Waals surface area (Å²) < 4.78 is 1.72. The van der Waals surface area contributed by atoms with Gasteiger partial charge >= 0.3 is 0 Å². The lowest BCUT2D eigenvalue weighted by Crippen LogP contribution is -2.45. The van der Waals surface area contributed by atoms with Gasteiger partial charge in [-0.1, -0.05) is 18.2 Å². The van der Waals surface area contributed by atoms with Crippen molar-refractivity contribution in [3.05, 3.63) is 48.3 Å². The first-order valence-electron chi connectivity index (χ1n) is 6.94. The average Bonchev–Trinajstić information content (AvgIpc) is 2.99. The first kappa shape index (κ1) is 15.5. The fourth-order valence-corrected chi connectivity index (χ4v) is 2.41. The molecule has 21 heavy (non-hydrogen) atoms. The predicted molar refractivity (Wildman–Crippen MR) is 84.2 cm³/mol.